The van der Waals surface area contributed by atoms with Crippen LogP contribution in [0.15, 0.2) is 0 Å². The van der Waals surface area contributed by atoms with Gasteiger partial charge in [0.25, 0.3) is 0 Å². The van der Waals surface area contributed by atoms with Crippen molar-refractivity contribution >= 4 is 53.1 Å². The van der Waals surface area contributed by atoms with Gasteiger partial charge < -0.3 is 39.8 Å². The first-order valence-corrected chi connectivity index (χ1v) is 37.1. The summed E-state index contributed by atoms with van der Waals surface area (Å²) in [6.07, 6.45) is 8.26. The van der Waals surface area contributed by atoms with E-state index >= 15 is 0 Å². The zero-order valence-corrected chi connectivity index (χ0v) is 64.5. The van der Waals surface area contributed by atoms with E-state index in [1.165, 1.54) is 19.4 Å². The van der Waals surface area contributed by atoms with Crippen LogP contribution in [-0.4, -0.2) is 195 Å². The zero-order chi connectivity index (χ0) is 71.9. The first-order valence-electron chi connectivity index (χ1n) is 31.2. The average Bonchev–Trinajstić information content (AvgIpc) is 3.61. The number of carbonyl (C=O) groups is 4. The molecule has 3 aliphatic rings. The predicted molar refractivity (Wildman–Crippen MR) is 374 cm³/mol. The number of rotatable bonds is 12. The van der Waals surface area contributed by atoms with Crippen LogP contribution in [0.25, 0.3) is 0 Å². The van der Waals surface area contributed by atoms with Crippen LogP contribution in [0.5, 0.6) is 0 Å². The van der Waals surface area contributed by atoms with Crippen molar-refractivity contribution in [2.75, 3.05) is 82.3 Å². The van der Waals surface area contributed by atoms with E-state index in [2.05, 4.69) is 109 Å². The fourth-order valence-corrected chi connectivity index (χ4v) is 11.1. The van der Waals surface area contributed by atoms with Crippen molar-refractivity contribution < 1.29 is 69.6 Å². The van der Waals surface area contributed by atoms with Gasteiger partial charge in [-0.15, -0.1) is 0 Å². The van der Waals surface area contributed by atoms with Crippen LogP contribution in [0, 0.1) is 37.9 Å². The molecule has 0 spiro atoms. The van der Waals surface area contributed by atoms with Gasteiger partial charge in [-0.1, -0.05) is 153 Å². The summed E-state index contributed by atoms with van der Waals surface area (Å²) in [4.78, 5) is 49.6. The van der Waals surface area contributed by atoms with E-state index in [0.29, 0.717) is 56.7 Å². The molecule has 19 nitrogen and oxygen atoms in total. The third-order valence-electron chi connectivity index (χ3n) is 11.2. The molecule has 0 aliphatic carbocycles. The number of β-amino-alcohol motifs (C(OH)–C–C–N with tert-alkyl or cyclic N) is 3. The van der Waals surface area contributed by atoms with Gasteiger partial charge in [0.1, 0.15) is 32.1 Å². The number of primary sulfonamides is 1. The number of aliphatic hydroxyl groups is 4. The van der Waals surface area contributed by atoms with E-state index in [1.807, 2.05) is 83.1 Å². The summed E-state index contributed by atoms with van der Waals surface area (Å²) in [5, 5.41) is 40.4. The number of amides is 2. The minimum atomic E-state index is -3.28. The minimum Gasteiger partial charge on any atom is -0.396 e. The number of carbonyl (C=O) groups excluding carboxylic acids is 4. The zero-order valence-electron chi connectivity index (χ0n) is 62.1. The van der Waals surface area contributed by atoms with Crippen molar-refractivity contribution in [1.82, 2.24) is 14.7 Å². The van der Waals surface area contributed by atoms with E-state index < -0.39 is 29.7 Å². The van der Waals surface area contributed by atoms with Crippen LogP contribution in [0.1, 0.15) is 260 Å². The topological polar surface area (TPSA) is 297 Å². The molecule has 1 atom stereocenters. The standard InChI is InChI=1S/C10H19NO2.C9H17NO2.C8H18O2S.C7H15NO.C7H14O2.C7H14O.C7H16O.C6H14O2S.C5H13NO2S.CH4/c1-10(2,3)6-9(13)11-5-4-8(12)7-11;1-9(2,3)4-8(12)10-5-7(11)6-10;1-8(2,3)6-5-7-11(4,9)10;1-7(2,3)8-4-6(9)5-8;1-6(8)5-9-7(2,3)4;1-6(8)5-7(2,3)4;1-7(2,3)5-4-6-8;1-6(2,3)5-9(4,7)8;1-5(2,3)4-9(6,7)8;/h8,12H,4-7H2,1-3H3;7,11H,4-6H2,1-3H3;5-7H2,1-4H3;6,9H,4-5H2,1-3H3;5H2,1-4H3;5H2,1-4H3;8H,4-6H2,1-3H3;5H2,1-4H3;4H2,1-3H3,(H2,6,7,8);1H4. The summed E-state index contributed by atoms with van der Waals surface area (Å²) in [6.45, 7) is 62.6. The van der Waals surface area contributed by atoms with Gasteiger partial charge in [-0.25, -0.2) is 30.4 Å². The highest BCUT2D eigenvalue weighted by atomic mass is 32.2. The maximum absolute atomic E-state index is 11.6. The molecule has 0 aromatic heterocycles. The molecule has 3 rings (SSSR count). The Morgan fingerprint density at radius 2 is 0.820 bits per heavy atom. The van der Waals surface area contributed by atoms with Crippen molar-refractivity contribution in [3.8, 4) is 0 Å². The van der Waals surface area contributed by atoms with Crippen LogP contribution < -0.4 is 5.14 Å². The van der Waals surface area contributed by atoms with E-state index in [9.17, 15) is 49.5 Å². The number of ketones is 2. The number of likely N-dealkylation sites (tertiary alicyclic amines) is 3. The summed E-state index contributed by atoms with van der Waals surface area (Å²) < 4.78 is 68.7. The lowest BCUT2D eigenvalue weighted by atomic mass is 9.91. The quantitative estimate of drug-likeness (QED) is 0.121. The molecule has 540 valence electrons. The van der Waals surface area contributed by atoms with Crippen molar-refractivity contribution in [2.24, 2.45) is 43.0 Å². The molecule has 22 heteroatoms. The first kappa shape index (κ1) is 100. The monoisotopic (exact) mass is 1340 g/mol. The van der Waals surface area contributed by atoms with Crippen molar-refractivity contribution in [2.45, 2.75) is 289 Å². The smallest absolute Gasteiger partial charge is 0.223 e. The molecule has 3 fully saturated rings. The Morgan fingerprint density at radius 3 is 0.978 bits per heavy atom. The highest BCUT2D eigenvalue weighted by Crippen LogP contribution is 2.25. The van der Waals surface area contributed by atoms with Crippen LogP contribution in [-0.2, 0) is 53.6 Å². The normalized spacial score (nSPS) is 16.2. The van der Waals surface area contributed by atoms with Gasteiger partial charge in [-0.3, -0.25) is 19.3 Å². The van der Waals surface area contributed by atoms with E-state index in [4.69, 9.17) is 25.2 Å². The number of sulfone groups is 2. The van der Waals surface area contributed by atoms with Gasteiger partial charge in [-0.2, -0.15) is 0 Å². The second kappa shape index (κ2) is 43.0. The van der Waals surface area contributed by atoms with E-state index in [-0.39, 0.29) is 111 Å². The molecule has 2 amide bonds. The van der Waals surface area contributed by atoms with Crippen molar-refractivity contribution in [3.63, 3.8) is 0 Å². The number of nitrogens with two attached hydrogens (primary N) is 1. The second-order valence-corrected chi connectivity index (χ2v) is 40.7. The summed E-state index contributed by atoms with van der Waals surface area (Å²) in [6, 6.07) is 0. The van der Waals surface area contributed by atoms with Crippen molar-refractivity contribution in [3.05, 3.63) is 0 Å². The summed E-state index contributed by atoms with van der Waals surface area (Å²) in [5.74, 6) is 1.31. The number of hydrogen-bond donors (Lipinski definition) is 5. The number of sulfonamides is 1. The van der Waals surface area contributed by atoms with Crippen LogP contribution >= 0.6 is 0 Å². The molecule has 3 heterocycles. The molecule has 1 unspecified atom stereocenters. The third-order valence-corrected chi connectivity index (χ3v) is 14.9. The molecule has 3 aliphatic heterocycles. The second-order valence-electron chi connectivity index (χ2n) is 34.7. The van der Waals surface area contributed by atoms with Gasteiger partial charge in [0.05, 0.1) is 35.4 Å². The SMILES string of the molecule is C.CC(=O)CC(C)(C)C.CC(=O)COC(C)(C)C.CC(C)(C)CC(=O)N1CC(O)C1.CC(C)(C)CC(=O)N1CCC(O)C1.CC(C)(C)CCCO.CC(C)(C)CCCS(C)(=O)=O.CC(C)(C)CS(C)(=O)=O.CC(C)(C)CS(N)(=O)=O.CC(C)(C)N1CC(O)C1. The van der Waals surface area contributed by atoms with Crippen molar-refractivity contribution in [1.29, 1.82) is 0 Å². The van der Waals surface area contributed by atoms with Gasteiger partial charge in [0.15, 0.2) is 5.78 Å². The fourth-order valence-electron chi connectivity index (χ4n) is 7.69. The number of aliphatic hydroxyl groups excluding tert-OH is 4. The summed E-state index contributed by atoms with van der Waals surface area (Å²) >= 11 is 0. The third kappa shape index (κ3) is 87.9. The first-order chi connectivity index (χ1) is 38.3. The number of nitrogens with zero attached hydrogens (tertiary/aromatic N) is 3. The molecule has 0 radical (unpaired) electrons. The Morgan fingerprint density at radius 1 is 0.472 bits per heavy atom. The molecular weight excluding hydrogens is 1200 g/mol. The van der Waals surface area contributed by atoms with Gasteiger partial charge >= 0.3 is 0 Å². The Bertz CT molecular complexity index is 2220. The highest BCUT2D eigenvalue weighted by Gasteiger charge is 2.33. The Balaban J connectivity index is -0.000000171. The highest BCUT2D eigenvalue weighted by molar-refractivity contribution is 7.91. The predicted octanol–water partition coefficient (Wildman–Crippen LogP) is 11.2. The maximum atomic E-state index is 11.6. The number of hydrogen-bond acceptors (Lipinski definition) is 16. The van der Waals surface area contributed by atoms with Gasteiger partial charge in [-0.05, 0) is 125 Å². The lowest BCUT2D eigenvalue weighted by molar-refractivity contribution is -0.143. The molecular formula is C67H144N4O15S3. The van der Waals surface area contributed by atoms with Crippen LogP contribution in [0.3, 0.4) is 0 Å². The fraction of sp³-hybridized carbons (Fsp3) is 0.940. The molecule has 0 aromatic rings. The van der Waals surface area contributed by atoms with E-state index in [0.717, 1.165) is 51.7 Å². The molecule has 0 saturated carbocycles. The number of Topliss-reactive ketones (excluding diaryl/α,β-unsaturated/α-hetero) is 2. The number of ether oxygens (including phenoxy) is 1. The lowest BCUT2D eigenvalue weighted by Crippen LogP contribution is -2.58. The van der Waals surface area contributed by atoms with Gasteiger partial charge in [0.2, 0.25) is 21.8 Å². The lowest BCUT2D eigenvalue weighted by Gasteiger charge is -2.45. The molecule has 0 bridgehead atoms. The van der Waals surface area contributed by atoms with Gasteiger partial charge in [0, 0.05) is 88.9 Å². The average molecular weight is 1340 g/mol. The van der Waals surface area contributed by atoms with E-state index in [1.54, 1.807) is 16.7 Å². The van der Waals surface area contributed by atoms with Crippen LogP contribution in [0.4, 0.5) is 0 Å². The molecule has 89 heavy (non-hydrogen) atoms. The molecule has 3 saturated heterocycles. The summed E-state index contributed by atoms with van der Waals surface area (Å²) in [5.41, 5.74) is 0.646. The Kier molecular flexibility index (Phi) is 48.5. The summed E-state index contributed by atoms with van der Waals surface area (Å²) in [7, 11) is -8.81. The largest absolute Gasteiger partial charge is 0.396 e. The maximum Gasteiger partial charge on any atom is 0.223 e. The molecule has 0 aromatic carbocycles. The minimum absolute atomic E-state index is 0. The van der Waals surface area contributed by atoms with Crippen LogP contribution in [0.2, 0.25) is 0 Å². The Labute approximate surface area is 548 Å². The molecule has 6 N–H and O–H groups in total. The Hall–Kier alpha value is -2.15.